The van der Waals surface area contributed by atoms with E-state index >= 15 is 0 Å². The maximum Gasteiger partial charge on any atom is 0.0594 e. The van der Waals surface area contributed by atoms with Crippen molar-refractivity contribution in [3.63, 3.8) is 0 Å². The van der Waals surface area contributed by atoms with Crippen molar-refractivity contribution in [2.45, 2.75) is 19.3 Å². The van der Waals surface area contributed by atoms with Crippen molar-refractivity contribution in [3.05, 3.63) is 0 Å². The van der Waals surface area contributed by atoms with Gasteiger partial charge in [0.05, 0.1) is 13.2 Å². The van der Waals surface area contributed by atoms with E-state index in [-0.39, 0.29) is 0 Å². The molecule has 1 aliphatic carbocycles. The molecule has 1 heterocycles. The van der Waals surface area contributed by atoms with Crippen molar-refractivity contribution < 1.29 is 4.74 Å². The quantitative estimate of drug-likeness (QED) is 0.725. The van der Waals surface area contributed by atoms with Crippen LogP contribution >= 0.6 is 0 Å². The number of nitrogens with two attached hydrogens (primary N) is 1. The highest BCUT2D eigenvalue weighted by Gasteiger charge is 2.27. The van der Waals surface area contributed by atoms with Crippen LogP contribution in [-0.4, -0.2) is 44.3 Å². The van der Waals surface area contributed by atoms with E-state index in [0.29, 0.717) is 0 Å². The summed E-state index contributed by atoms with van der Waals surface area (Å²) in [5.41, 5.74) is 5.79. The highest BCUT2D eigenvalue weighted by Crippen LogP contribution is 2.31. The van der Waals surface area contributed by atoms with Gasteiger partial charge in [-0.2, -0.15) is 0 Å². The lowest BCUT2D eigenvalue weighted by atomic mass is 9.95. The topological polar surface area (TPSA) is 38.5 Å². The van der Waals surface area contributed by atoms with Crippen LogP contribution in [0.15, 0.2) is 0 Å². The summed E-state index contributed by atoms with van der Waals surface area (Å²) < 4.78 is 5.35. The largest absolute Gasteiger partial charge is 0.379 e. The Morgan fingerprint density at radius 1 is 1.14 bits per heavy atom. The van der Waals surface area contributed by atoms with E-state index in [1.165, 1.54) is 25.8 Å². The molecule has 2 fully saturated rings. The first-order valence-corrected chi connectivity index (χ1v) is 5.90. The molecule has 0 unspecified atom stereocenters. The molecule has 1 aliphatic heterocycles. The summed E-state index contributed by atoms with van der Waals surface area (Å²) >= 11 is 0. The smallest absolute Gasteiger partial charge is 0.0594 e. The molecule has 0 bridgehead atoms. The molecule has 82 valence electrons. The minimum absolute atomic E-state index is 0.790. The summed E-state index contributed by atoms with van der Waals surface area (Å²) in [5, 5.41) is 0. The van der Waals surface area contributed by atoms with Crippen LogP contribution in [0.1, 0.15) is 19.3 Å². The summed E-state index contributed by atoms with van der Waals surface area (Å²) in [5.74, 6) is 1.65. The molecule has 0 aromatic heterocycles. The van der Waals surface area contributed by atoms with Gasteiger partial charge in [-0.05, 0) is 31.2 Å². The number of rotatable bonds is 3. The fraction of sp³-hybridized carbons (Fsp3) is 1.00. The van der Waals surface area contributed by atoms with Gasteiger partial charge in [-0.15, -0.1) is 0 Å². The second kappa shape index (κ2) is 5.10. The third kappa shape index (κ3) is 2.47. The Morgan fingerprint density at radius 3 is 2.57 bits per heavy atom. The average molecular weight is 198 g/mol. The van der Waals surface area contributed by atoms with Crippen LogP contribution < -0.4 is 5.73 Å². The van der Waals surface area contributed by atoms with Crippen LogP contribution in [-0.2, 0) is 4.74 Å². The summed E-state index contributed by atoms with van der Waals surface area (Å²) in [6.07, 6.45) is 4.13. The first kappa shape index (κ1) is 10.4. The van der Waals surface area contributed by atoms with E-state index in [2.05, 4.69) is 4.90 Å². The van der Waals surface area contributed by atoms with Crippen molar-refractivity contribution in [1.82, 2.24) is 4.90 Å². The minimum Gasteiger partial charge on any atom is -0.379 e. The number of nitrogens with zero attached hydrogens (tertiary/aromatic N) is 1. The van der Waals surface area contributed by atoms with Gasteiger partial charge in [-0.1, -0.05) is 6.42 Å². The standard InChI is InChI=1S/C11H22N2O/c12-8-10-2-1-3-11(10)9-13-4-6-14-7-5-13/h10-11H,1-9,12H2/t10-,11+/m0/s1. The fourth-order valence-electron chi connectivity index (χ4n) is 2.78. The van der Waals surface area contributed by atoms with Crippen LogP contribution in [0, 0.1) is 11.8 Å². The molecular formula is C11H22N2O. The normalized spacial score (nSPS) is 34.9. The zero-order chi connectivity index (χ0) is 9.80. The van der Waals surface area contributed by atoms with Crippen molar-refractivity contribution >= 4 is 0 Å². The molecule has 0 aromatic carbocycles. The van der Waals surface area contributed by atoms with Gasteiger partial charge in [0.2, 0.25) is 0 Å². The van der Waals surface area contributed by atoms with E-state index in [1.54, 1.807) is 0 Å². The van der Waals surface area contributed by atoms with Crippen LogP contribution in [0.2, 0.25) is 0 Å². The van der Waals surface area contributed by atoms with Crippen LogP contribution in [0.25, 0.3) is 0 Å². The number of ether oxygens (including phenoxy) is 1. The number of hydrogen-bond acceptors (Lipinski definition) is 3. The van der Waals surface area contributed by atoms with Crippen molar-refractivity contribution in [3.8, 4) is 0 Å². The Bertz CT molecular complexity index is 169. The second-order valence-corrected chi connectivity index (χ2v) is 4.60. The first-order chi connectivity index (χ1) is 6.90. The molecule has 0 spiro atoms. The zero-order valence-electron chi connectivity index (χ0n) is 8.95. The maximum atomic E-state index is 5.79. The number of morpholine rings is 1. The van der Waals surface area contributed by atoms with Crippen LogP contribution in [0.3, 0.4) is 0 Å². The molecule has 3 nitrogen and oxygen atoms in total. The van der Waals surface area contributed by atoms with E-state index < -0.39 is 0 Å². The zero-order valence-corrected chi connectivity index (χ0v) is 8.95. The monoisotopic (exact) mass is 198 g/mol. The third-order valence-corrected chi connectivity index (χ3v) is 3.72. The Morgan fingerprint density at radius 2 is 1.86 bits per heavy atom. The molecular weight excluding hydrogens is 176 g/mol. The van der Waals surface area contributed by atoms with E-state index in [0.717, 1.165) is 44.7 Å². The lowest BCUT2D eigenvalue weighted by molar-refractivity contribution is 0.0280. The van der Waals surface area contributed by atoms with Crippen molar-refractivity contribution in [2.75, 3.05) is 39.4 Å². The van der Waals surface area contributed by atoms with Gasteiger partial charge >= 0.3 is 0 Å². The third-order valence-electron chi connectivity index (χ3n) is 3.72. The predicted molar refractivity (Wildman–Crippen MR) is 57.1 cm³/mol. The molecule has 1 saturated heterocycles. The average Bonchev–Trinajstić information content (AvgIpc) is 2.67. The summed E-state index contributed by atoms with van der Waals surface area (Å²) in [6, 6.07) is 0. The van der Waals surface area contributed by atoms with Gasteiger partial charge in [0.25, 0.3) is 0 Å². The molecule has 3 heteroatoms. The predicted octanol–water partition coefficient (Wildman–Crippen LogP) is 0.694. The Labute approximate surface area is 86.6 Å². The SMILES string of the molecule is NC[C@@H]1CCC[C@@H]1CN1CCOCC1. The van der Waals surface area contributed by atoms with Gasteiger partial charge in [0, 0.05) is 19.6 Å². The van der Waals surface area contributed by atoms with Gasteiger partial charge in [-0.25, -0.2) is 0 Å². The molecule has 14 heavy (non-hydrogen) atoms. The molecule has 2 aliphatic rings. The Kier molecular flexibility index (Phi) is 3.79. The van der Waals surface area contributed by atoms with Gasteiger partial charge in [0.1, 0.15) is 0 Å². The van der Waals surface area contributed by atoms with Crippen LogP contribution in [0.5, 0.6) is 0 Å². The minimum atomic E-state index is 0.790. The highest BCUT2D eigenvalue weighted by molar-refractivity contribution is 4.81. The van der Waals surface area contributed by atoms with Crippen molar-refractivity contribution in [2.24, 2.45) is 17.6 Å². The van der Waals surface area contributed by atoms with Crippen molar-refractivity contribution in [1.29, 1.82) is 0 Å². The Hall–Kier alpha value is -0.120. The Balaban J connectivity index is 1.77. The molecule has 1 saturated carbocycles. The van der Waals surface area contributed by atoms with Crippen LogP contribution in [0.4, 0.5) is 0 Å². The molecule has 0 amide bonds. The molecule has 2 rings (SSSR count). The lowest BCUT2D eigenvalue weighted by Gasteiger charge is -2.30. The molecule has 2 N–H and O–H groups in total. The summed E-state index contributed by atoms with van der Waals surface area (Å²) in [6.45, 7) is 6.21. The number of hydrogen-bond donors (Lipinski definition) is 1. The van der Waals surface area contributed by atoms with E-state index in [1.807, 2.05) is 0 Å². The van der Waals surface area contributed by atoms with Gasteiger partial charge in [0.15, 0.2) is 0 Å². The van der Waals surface area contributed by atoms with E-state index in [4.69, 9.17) is 10.5 Å². The fourth-order valence-corrected chi connectivity index (χ4v) is 2.78. The van der Waals surface area contributed by atoms with E-state index in [9.17, 15) is 0 Å². The second-order valence-electron chi connectivity index (χ2n) is 4.60. The molecule has 0 radical (unpaired) electrons. The lowest BCUT2D eigenvalue weighted by Crippen LogP contribution is -2.40. The maximum absolute atomic E-state index is 5.79. The van der Waals surface area contributed by atoms with Gasteiger partial charge in [-0.3, -0.25) is 4.90 Å². The summed E-state index contributed by atoms with van der Waals surface area (Å²) in [7, 11) is 0. The first-order valence-electron chi connectivity index (χ1n) is 5.90. The highest BCUT2D eigenvalue weighted by atomic mass is 16.5. The summed E-state index contributed by atoms with van der Waals surface area (Å²) in [4.78, 5) is 2.54. The molecule has 2 atom stereocenters. The van der Waals surface area contributed by atoms with Gasteiger partial charge < -0.3 is 10.5 Å². The molecule has 0 aromatic rings.